The molecule has 1 saturated heterocycles. The second-order valence-corrected chi connectivity index (χ2v) is 7.18. The van der Waals surface area contributed by atoms with Gasteiger partial charge < -0.3 is 10.1 Å². The predicted octanol–water partition coefficient (Wildman–Crippen LogP) is 4.00. The van der Waals surface area contributed by atoms with Crippen molar-refractivity contribution >= 4 is 5.91 Å². The van der Waals surface area contributed by atoms with E-state index in [9.17, 15) is 4.79 Å². The van der Waals surface area contributed by atoms with Crippen molar-refractivity contribution in [2.24, 2.45) is 0 Å². The standard InChI is InChI=1S/C22H28N2O2/c1-17(2)26-21-7-5-6-19(14-21)15-23-22(25)20-10-8-18(9-11-20)16-24-12-3-4-13-24/h5-11,14,17H,3-4,12-13,15-16H2,1-2H3,(H,23,25). The van der Waals surface area contributed by atoms with E-state index in [0.717, 1.165) is 17.9 Å². The van der Waals surface area contributed by atoms with Gasteiger partial charge in [0.2, 0.25) is 0 Å². The van der Waals surface area contributed by atoms with Crippen LogP contribution in [-0.2, 0) is 13.1 Å². The van der Waals surface area contributed by atoms with E-state index in [-0.39, 0.29) is 12.0 Å². The zero-order valence-corrected chi connectivity index (χ0v) is 15.7. The molecule has 0 spiro atoms. The summed E-state index contributed by atoms with van der Waals surface area (Å²) in [6.45, 7) is 7.83. The number of rotatable bonds is 7. The fourth-order valence-electron chi connectivity index (χ4n) is 3.25. The number of hydrogen-bond acceptors (Lipinski definition) is 3. The molecular formula is C22H28N2O2. The number of hydrogen-bond donors (Lipinski definition) is 1. The molecule has 0 aromatic heterocycles. The van der Waals surface area contributed by atoms with Gasteiger partial charge in [0.15, 0.2) is 0 Å². The van der Waals surface area contributed by atoms with Crippen LogP contribution in [0.3, 0.4) is 0 Å². The first-order chi connectivity index (χ1) is 12.6. The van der Waals surface area contributed by atoms with Crippen molar-refractivity contribution in [3.05, 3.63) is 65.2 Å². The number of carbonyl (C=O) groups is 1. The van der Waals surface area contributed by atoms with Crippen molar-refractivity contribution in [1.29, 1.82) is 0 Å². The van der Waals surface area contributed by atoms with E-state index in [1.807, 2.05) is 50.2 Å². The van der Waals surface area contributed by atoms with E-state index in [4.69, 9.17) is 4.74 Å². The van der Waals surface area contributed by atoms with Crippen LogP contribution in [0, 0.1) is 0 Å². The highest BCUT2D eigenvalue weighted by Gasteiger charge is 2.12. The zero-order valence-electron chi connectivity index (χ0n) is 15.7. The summed E-state index contributed by atoms with van der Waals surface area (Å²) in [5.74, 6) is 0.783. The number of ether oxygens (including phenoxy) is 1. The number of benzene rings is 2. The fraction of sp³-hybridized carbons (Fsp3) is 0.409. The summed E-state index contributed by atoms with van der Waals surface area (Å²) in [4.78, 5) is 14.8. The summed E-state index contributed by atoms with van der Waals surface area (Å²) < 4.78 is 5.70. The normalized spacial score (nSPS) is 14.6. The average molecular weight is 352 g/mol. The molecule has 0 atom stereocenters. The van der Waals surface area contributed by atoms with Crippen LogP contribution in [0.15, 0.2) is 48.5 Å². The van der Waals surface area contributed by atoms with Crippen LogP contribution in [0.1, 0.15) is 48.2 Å². The Morgan fingerprint density at radius 3 is 2.50 bits per heavy atom. The molecule has 0 saturated carbocycles. The largest absolute Gasteiger partial charge is 0.491 e. The van der Waals surface area contributed by atoms with Gasteiger partial charge in [0.05, 0.1) is 6.10 Å². The third kappa shape index (κ3) is 5.33. The molecule has 1 aliphatic rings. The van der Waals surface area contributed by atoms with Gasteiger partial charge in [0, 0.05) is 18.7 Å². The topological polar surface area (TPSA) is 41.6 Å². The Bertz CT molecular complexity index is 719. The van der Waals surface area contributed by atoms with Gasteiger partial charge in [-0.3, -0.25) is 9.69 Å². The van der Waals surface area contributed by atoms with Crippen molar-refractivity contribution in [1.82, 2.24) is 10.2 Å². The van der Waals surface area contributed by atoms with Crippen LogP contribution in [0.2, 0.25) is 0 Å². The van der Waals surface area contributed by atoms with Gasteiger partial charge in [-0.05, 0) is 75.2 Å². The molecule has 1 heterocycles. The Kier molecular flexibility index (Phi) is 6.29. The molecule has 3 rings (SSSR count). The lowest BCUT2D eigenvalue weighted by Crippen LogP contribution is -2.23. The van der Waals surface area contributed by atoms with Crippen molar-refractivity contribution in [2.75, 3.05) is 13.1 Å². The summed E-state index contributed by atoms with van der Waals surface area (Å²) in [6, 6.07) is 15.8. The molecule has 26 heavy (non-hydrogen) atoms. The van der Waals surface area contributed by atoms with E-state index < -0.39 is 0 Å². The molecule has 0 aliphatic carbocycles. The second-order valence-electron chi connectivity index (χ2n) is 7.18. The van der Waals surface area contributed by atoms with Gasteiger partial charge in [-0.1, -0.05) is 24.3 Å². The molecule has 1 fully saturated rings. The van der Waals surface area contributed by atoms with Crippen LogP contribution in [0.5, 0.6) is 5.75 Å². The quantitative estimate of drug-likeness (QED) is 0.819. The number of carbonyl (C=O) groups excluding carboxylic acids is 1. The summed E-state index contributed by atoms with van der Waals surface area (Å²) in [5.41, 5.74) is 2.99. The third-order valence-corrected chi connectivity index (χ3v) is 4.54. The molecule has 4 nitrogen and oxygen atoms in total. The maximum atomic E-state index is 12.4. The van der Waals surface area contributed by atoms with Crippen LogP contribution in [0.4, 0.5) is 0 Å². The lowest BCUT2D eigenvalue weighted by molar-refractivity contribution is 0.0950. The van der Waals surface area contributed by atoms with E-state index >= 15 is 0 Å². The maximum Gasteiger partial charge on any atom is 0.251 e. The Labute approximate surface area is 156 Å². The summed E-state index contributed by atoms with van der Waals surface area (Å²) in [7, 11) is 0. The molecule has 0 unspecified atom stereocenters. The Morgan fingerprint density at radius 1 is 1.08 bits per heavy atom. The third-order valence-electron chi connectivity index (χ3n) is 4.54. The van der Waals surface area contributed by atoms with Crippen LogP contribution < -0.4 is 10.1 Å². The van der Waals surface area contributed by atoms with Gasteiger partial charge in [-0.15, -0.1) is 0 Å². The van der Waals surface area contributed by atoms with Crippen LogP contribution >= 0.6 is 0 Å². The highest BCUT2D eigenvalue weighted by molar-refractivity contribution is 5.94. The molecule has 1 N–H and O–H groups in total. The molecule has 138 valence electrons. The Hall–Kier alpha value is -2.33. The first-order valence-electron chi connectivity index (χ1n) is 9.45. The average Bonchev–Trinajstić information content (AvgIpc) is 3.13. The monoisotopic (exact) mass is 352 g/mol. The summed E-state index contributed by atoms with van der Waals surface area (Å²) in [5, 5.41) is 2.98. The lowest BCUT2D eigenvalue weighted by atomic mass is 10.1. The van der Waals surface area contributed by atoms with Gasteiger partial charge in [0.1, 0.15) is 5.75 Å². The minimum absolute atomic E-state index is 0.0482. The van der Waals surface area contributed by atoms with Crippen molar-refractivity contribution < 1.29 is 9.53 Å². The molecule has 1 aliphatic heterocycles. The van der Waals surface area contributed by atoms with E-state index in [0.29, 0.717) is 12.1 Å². The number of nitrogens with zero attached hydrogens (tertiary/aromatic N) is 1. The van der Waals surface area contributed by atoms with Crippen molar-refractivity contribution in [3.63, 3.8) is 0 Å². The second kappa shape index (κ2) is 8.86. The first-order valence-corrected chi connectivity index (χ1v) is 9.45. The minimum atomic E-state index is -0.0482. The van der Waals surface area contributed by atoms with E-state index in [1.165, 1.54) is 31.5 Å². The first kappa shape index (κ1) is 18.5. The van der Waals surface area contributed by atoms with Crippen LogP contribution in [0.25, 0.3) is 0 Å². The minimum Gasteiger partial charge on any atom is -0.491 e. The summed E-state index contributed by atoms with van der Waals surface area (Å²) >= 11 is 0. The zero-order chi connectivity index (χ0) is 18.4. The van der Waals surface area contributed by atoms with E-state index in [1.54, 1.807) is 0 Å². The maximum absolute atomic E-state index is 12.4. The molecular weight excluding hydrogens is 324 g/mol. The van der Waals surface area contributed by atoms with Gasteiger partial charge in [0.25, 0.3) is 5.91 Å². The van der Waals surface area contributed by atoms with Crippen molar-refractivity contribution in [2.45, 2.75) is 45.9 Å². The molecule has 0 radical (unpaired) electrons. The number of amides is 1. The molecule has 0 bridgehead atoms. The lowest BCUT2D eigenvalue weighted by Gasteiger charge is -2.14. The Morgan fingerprint density at radius 2 is 1.81 bits per heavy atom. The number of likely N-dealkylation sites (tertiary alicyclic amines) is 1. The Balaban J connectivity index is 1.53. The predicted molar refractivity (Wildman–Crippen MR) is 104 cm³/mol. The molecule has 2 aromatic carbocycles. The molecule has 2 aromatic rings. The van der Waals surface area contributed by atoms with Crippen LogP contribution in [-0.4, -0.2) is 30.0 Å². The highest BCUT2D eigenvalue weighted by Crippen LogP contribution is 2.16. The smallest absolute Gasteiger partial charge is 0.251 e. The fourth-order valence-corrected chi connectivity index (χ4v) is 3.25. The van der Waals surface area contributed by atoms with Gasteiger partial charge in [-0.25, -0.2) is 0 Å². The summed E-state index contributed by atoms with van der Waals surface area (Å²) in [6.07, 6.45) is 2.73. The SMILES string of the molecule is CC(C)Oc1cccc(CNC(=O)c2ccc(CN3CCCC3)cc2)c1. The van der Waals surface area contributed by atoms with Crippen molar-refractivity contribution in [3.8, 4) is 5.75 Å². The molecule has 4 heteroatoms. The van der Waals surface area contributed by atoms with E-state index in [2.05, 4.69) is 22.3 Å². The molecule has 1 amide bonds. The van der Waals surface area contributed by atoms with Gasteiger partial charge >= 0.3 is 0 Å². The van der Waals surface area contributed by atoms with Gasteiger partial charge in [-0.2, -0.15) is 0 Å². The highest BCUT2D eigenvalue weighted by atomic mass is 16.5. The number of nitrogens with one attached hydrogen (secondary N) is 1.